The molecule has 1 aliphatic heterocycles. The van der Waals surface area contributed by atoms with Crippen molar-refractivity contribution in [3.05, 3.63) is 66.8 Å². The lowest BCUT2D eigenvalue weighted by atomic mass is 9.97. The number of hydrogen-bond donors (Lipinski definition) is 1. The molecule has 0 bridgehead atoms. The van der Waals surface area contributed by atoms with Crippen LogP contribution in [0.15, 0.2) is 55.4 Å². The molecular weight excluding hydrogens is 450 g/mol. The highest BCUT2D eigenvalue weighted by atomic mass is 16.2. The first kappa shape index (κ1) is 22.0. The molecule has 8 nitrogen and oxygen atoms in total. The van der Waals surface area contributed by atoms with Crippen molar-refractivity contribution in [2.45, 2.75) is 12.8 Å². The number of likely N-dealkylation sites (tertiary alicyclic amines) is 1. The molecule has 8 heteroatoms. The van der Waals surface area contributed by atoms with E-state index in [-0.39, 0.29) is 5.91 Å². The quantitative estimate of drug-likeness (QED) is 0.407. The Kier molecular flexibility index (Phi) is 5.10. The van der Waals surface area contributed by atoms with E-state index in [0.29, 0.717) is 11.4 Å². The number of carbonyl (C=O) groups excluding carboxylic acids is 1. The lowest BCUT2D eigenvalue weighted by Crippen LogP contribution is -2.27. The molecule has 36 heavy (non-hydrogen) atoms. The number of rotatable bonds is 4. The smallest absolute Gasteiger partial charge is 0.253 e. The molecular formula is C28H27N7O. The van der Waals surface area contributed by atoms with Crippen LogP contribution in [0.2, 0.25) is 0 Å². The van der Waals surface area contributed by atoms with E-state index >= 15 is 0 Å². The fraction of sp³-hybridized carbons (Fsp3) is 0.214. The Bertz CT molecular complexity index is 1650. The summed E-state index contributed by atoms with van der Waals surface area (Å²) < 4.78 is 4.07. The summed E-state index contributed by atoms with van der Waals surface area (Å²) in [6.45, 7) is 5.52. The number of benzene rings is 2. The first-order valence-electron chi connectivity index (χ1n) is 12.1. The summed E-state index contributed by atoms with van der Waals surface area (Å²) in [5.41, 5.74) is 13.6. The second-order valence-corrected chi connectivity index (χ2v) is 9.25. The van der Waals surface area contributed by atoms with Gasteiger partial charge in [0.2, 0.25) is 0 Å². The molecule has 1 aliphatic rings. The van der Waals surface area contributed by atoms with Crippen LogP contribution in [-0.4, -0.2) is 48.0 Å². The number of imidazole rings is 1. The van der Waals surface area contributed by atoms with Crippen molar-refractivity contribution in [1.29, 1.82) is 0 Å². The highest BCUT2D eigenvalue weighted by Gasteiger charge is 2.24. The summed E-state index contributed by atoms with van der Waals surface area (Å²) in [5.74, 6) is 1.31. The summed E-state index contributed by atoms with van der Waals surface area (Å²) >= 11 is 0. The van der Waals surface area contributed by atoms with Crippen LogP contribution in [0.3, 0.4) is 0 Å². The van der Waals surface area contributed by atoms with E-state index in [1.165, 1.54) is 6.33 Å². The van der Waals surface area contributed by atoms with Gasteiger partial charge in [-0.2, -0.15) is 0 Å². The lowest BCUT2D eigenvalue weighted by molar-refractivity contribution is 0.0793. The van der Waals surface area contributed by atoms with E-state index in [1.807, 2.05) is 52.4 Å². The first-order valence-corrected chi connectivity index (χ1v) is 12.1. The van der Waals surface area contributed by atoms with Crippen molar-refractivity contribution < 1.29 is 4.79 Å². The van der Waals surface area contributed by atoms with E-state index in [1.54, 1.807) is 6.08 Å². The standard InChI is InChI=1S/C28H27N7O/c1-4-22-32-20-15-19(11-12-21(20)33(22)2)25-23(24-26(29)30-16-31-27(24)34(25)3)17-7-9-18(10-8-17)28(36)35-13-5-6-14-35/h4,7-12,15-16H,1,5-6,13-14H2,2-3H3,(H2,29,30,31). The Hall–Kier alpha value is -4.46. The average molecular weight is 478 g/mol. The van der Waals surface area contributed by atoms with E-state index < -0.39 is 0 Å². The third-order valence-corrected chi connectivity index (χ3v) is 7.18. The van der Waals surface area contributed by atoms with Gasteiger partial charge in [0.15, 0.2) is 0 Å². The molecule has 0 saturated carbocycles. The Morgan fingerprint density at radius 2 is 1.72 bits per heavy atom. The summed E-state index contributed by atoms with van der Waals surface area (Å²) in [6.07, 6.45) is 5.37. The van der Waals surface area contributed by atoms with E-state index in [9.17, 15) is 4.79 Å². The van der Waals surface area contributed by atoms with Crippen LogP contribution in [0.4, 0.5) is 5.82 Å². The molecule has 3 aromatic heterocycles. The van der Waals surface area contributed by atoms with Gasteiger partial charge in [0.25, 0.3) is 5.91 Å². The van der Waals surface area contributed by atoms with Gasteiger partial charge in [0.1, 0.15) is 23.6 Å². The van der Waals surface area contributed by atoms with Gasteiger partial charge in [-0.15, -0.1) is 0 Å². The minimum Gasteiger partial charge on any atom is -0.383 e. The number of nitrogens with zero attached hydrogens (tertiary/aromatic N) is 6. The third-order valence-electron chi connectivity index (χ3n) is 7.18. The molecule has 1 amide bonds. The first-order chi connectivity index (χ1) is 17.5. The van der Waals surface area contributed by atoms with Gasteiger partial charge in [0, 0.05) is 43.9 Å². The van der Waals surface area contributed by atoms with Crippen LogP contribution in [0.5, 0.6) is 0 Å². The summed E-state index contributed by atoms with van der Waals surface area (Å²) in [6, 6.07) is 14.0. The van der Waals surface area contributed by atoms with Crippen LogP contribution in [0.1, 0.15) is 29.0 Å². The highest BCUT2D eigenvalue weighted by Crippen LogP contribution is 2.42. The minimum atomic E-state index is 0.0821. The minimum absolute atomic E-state index is 0.0821. The summed E-state index contributed by atoms with van der Waals surface area (Å²) in [4.78, 5) is 28.4. The van der Waals surface area contributed by atoms with Crippen molar-refractivity contribution >= 4 is 39.9 Å². The predicted molar refractivity (Wildman–Crippen MR) is 143 cm³/mol. The van der Waals surface area contributed by atoms with Crippen LogP contribution < -0.4 is 5.73 Å². The van der Waals surface area contributed by atoms with Crippen molar-refractivity contribution in [3.8, 4) is 22.4 Å². The van der Waals surface area contributed by atoms with Gasteiger partial charge in [-0.05, 0) is 48.7 Å². The number of fused-ring (bicyclic) bond motifs is 2. The molecule has 0 unspecified atom stereocenters. The monoisotopic (exact) mass is 477 g/mol. The Balaban J connectivity index is 1.54. The highest BCUT2D eigenvalue weighted by molar-refractivity contribution is 6.08. The number of nitrogens with two attached hydrogens (primary N) is 1. The molecule has 6 rings (SSSR count). The van der Waals surface area contributed by atoms with E-state index in [0.717, 1.165) is 76.2 Å². The van der Waals surface area contributed by atoms with Crippen molar-refractivity contribution in [2.75, 3.05) is 18.8 Å². The van der Waals surface area contributed by atoms with Gasteiger partial charge in [-0.25, -0.2) is 15.0 Å². The van der Waals surface area contributed by atoms with Gasteiger partial charge in [-0.1, -0.05) is 24.8 Å². The fourth-order valence-corrected chi connectivity index (χ4v) is 5.33. The van der Waals surface area contributed by atoms with Crippen LogP contribution in [-0.2, 0) is 14.1 Å². The molecule has 1 saturated heterocycles. The maximum absolute atomic E-state index is 12.9. The van der Waals surface area contributed by atoms with Crippen molar-refractivity contribution in [1.82, 2.24) is 29.0 Å². The average Bonchev–Trinajstić information content (AvgIpc) is 3.61. The molecule has 2 N–H and O–H groups in total. The topological polar surface area (TPSA) is 94.9 Å². The Morgan fingerprint density at radius 3 is 2.44 bits per heavy atom. The second-order valence-electron chi connectivity index (χ2n) is 9.25. The number of aryl methyl sites for hydroxylation is 2. The maximum Gasteiger partial charge on any atom is 0.253 e. The van der Waals surface area contributed by atoms with Gasteiger partial charge >= 0.3 is 0 Å². The molecule has 0 atom stereocenters. The molecule has 2 aromatic carbocycles. The Labute approximate surface area is 208 Å². The number of amides is 1. The zero-order chi connectivity index (χ0) is 25.0. The van der Waals surface area contributed by atoms with Crippen LogP contribution in [0.25, 0.3) is 50.5 Å². The van der Waals surface area contributed by atoms with Crippen LogP contribution in [0, 0.1) is 0 Å². The molecule has 0 radical (unpaired) electrons. The molecule has 0 aliphatic carbocycles. The van der Waals surface area contributed by atoms with Crippen molar-refractivity contribution in [2.24, 2.45) is 14.1 Å². The Morgan fingerprint density at radius 1 is 1.00 bits per heavy atom. The number of nitrogen functional groups attached to an aromatic ring is 1. The van der Waals surface area contributed by atoms with Crippen molar-refractivity contribution in [3.63, 3.8) is 0 Å². The van der Waals surface area contributed by atoms with E-state index in [4.69, 9.17) is 10.7 Å². The zero-order valence-electron chi connectivity index (χ0n) is 20.4. The summed E-state index contributed by atoms with van der Waals surface area (Å²) in [7, 11) is 3.96. The predicted octanol–water partition coefficient (Wildman–Crippen LogP) is 4.65. The fourth-order valence-electron chi connectivity index (χ4n) is 5.33. The molecule has 1 fully saturated rings. The van der Waals surface area contributed by atoms with Gasteiger partial charge < -0.3 is 19.8 Å². The number of aromatic nitrogens is 5. The number of anilines is 1. The lowest BCUT2D eigenvalue weighted by Gasteiger charge is -2.15. The van der Waals surface area contributed by atoms with E-state index in [2.05, 4.69) is 34.7 Å². The maximum atomic E-state index is 12.9. The molecule has 180 valence electrons. The third kappa shape index (κ3) is 3.29. The number of hydrogen-bond acceptors (Lipinski definition) is 5. The normalized spacial score (nSPS) is 13.7. The zero-order valence-corrected chi connectivity index (χ0v) is 20.4. The largest absolute Gasteiger partial charge is 0.383 e. The molecule has 5 aromatic rings. The molecule has 4 heterocycles. The number of carbonyl (C=O) groups is 1. The SMILES string of the molecule is C=Cc1nc2cc(-c3c(-c4ccc(C(=O)N5CCCC5)cc4)c4c(N)ncnc4n3C)ccc2n1C. The second kappa shape index (κ2) is 8.34. The van der Waals surface area contributed by atoms with Crippen LogP contribution >= 0.6 is 0 Å². The van der Waals surface area contributed by atoms with Gasteiger partial charge in [0.05, 0.1) is 22.1 Å². The van der Waals surface area contributed by atoms with Gasteiger partial charge in [-0.3, -0.25) is 4.79 Å². The summed E-state index contributed by atoms with van der Waals surface area (Å²) in [5, 5.41) is 0.793. The molecule has 0 spiro atoms.